The summed E-state index contributed by atoms with van der Waals surface area (Å²) in [6.45, 7) is 1.92. The molecule has 0 aliphatic carbocycles. The molecule has 0 amide bonds. The van der Waals surface area contributed by atoms with Crippen LogP contribution in [0.25, 0.3) is 22.3 Å². The Labute approximate surface area is 122 Å². The first kappa shape index (κ1) is 13.5. The second-order valence-electron chi connectivity index (χ2n) is 4.99. The van der Waals surface area contributed by atoms with Gasteiger partial charge >= 0.3 is 0 Å². The Balaban J connectivity index is 2.18. The minimum Gasteiger partial charge on any atom is -0.206 e. The zero-order valence-corrected chi connectivity index (χ0v) is 11.6. The van der Waals surface area contributed by atoms with Crippen molar-refractivity contribution in [3.8, 4) is 22.3 Å². The molecule has 0 saturated carbocycles. The average Bonchev–Trinajstić information content (AvgIpc) is 2.49. The first-order valence-corrected chi connectivity index (χ1v) is 6.77. The van der Waals surface area contributed by atoms with Crippen LogP contribution in [-0.2, 0) is 0 Å². The predicted molar refractivity (Wildman–Crippen MR) is 82.0 cm³/mol. The molecule has 0 aromatic heterocycles. The van der Waals surface area contributed by atoms with Crippen LogP contribution in [0.3, 0.4) is 0 Å². The number of halogens is 2. The van der Waals surface area contributed by atoms with Crippen LogP contribution in [0.1, 0.15) is 5.56 Å². The van der Waals surface area contributed by atoms with E-state index in [9.17, 15) is 8.78 Å². The summed E-state index contributed by atoms with van der Waals surface area (Å²) in [6, 6.07) is 18.8. The van der Waals surface area contributed by atoms with Gasteiger partial charge in [-0.05, 0) is 41.8 Å². The van der Waals surface area contributed by atoms with E-state index < -0.39 is 0 Å². The van der Waals surface area contributed by atoms with Gasteiger partial charge < -0.3 is 0 Å². The fourth-order valence-corrected chi connectivity index (χ4v) is 2.45. The summed E-state index contributed by atoms with van der Waals surface area (Å²) in [5, 5.41) is 0. The van der Waals surface area contributed by atoms with Gasteiger partial charge in [0.05, 0.1) is 0 Å². The molecule has 21 heavy (non-hydrogen) atoms. The molecule has 0 heterocycles. The molecule has 3 aromatic carbocycles. The normalized spacial score (nSPS) is 10.6. The molecule has 0 unspecified atom stereocenters. The fourth-order valence-electron chi connectivity index (χ4n) is 2.45. The van der Waals surface area contributed by atoms with Gasteiger partial charge in [-0.1, -0.05) is 48.5 Å². The quantitative estimate of drug-likeness (QED) is 0.572. The minimum absolute atomic E-state index is 0.272. The molecule has 0 saturated heterocycles. The standard InChI is InChI=1S/C19H14F2/c1-13-10-11-14(15-6-2-4-8-18(15)20)12-17(13)16-7-3-5-9-19(16)21/h2-12H,1H3. The molecule has 0 nitrogen and oxygen atoms in total. The topological polar surface area (TPSA) is 0 Å². The maximum Gasteiger partial charge on any atom is 0.131 e. The summed E-state index contributed by atoms with van der Waals surface area (Å²) >= 11 is 0. The van der Waals surface area contributed by atoms with Crippen molar-refractivity contribution in [1.82, 2.24) is 0 Å². The highest BCUT2D eigenvalue weighted by Crippen LogP contribution is 2.31. The molecule has 0 aliphatic heterocycles. The molecule has 104 valence electrons. The van der Waals surface area contributed by atoms with Crippen molar-refractivity contribution in [2.24, 2.45) is 0 Å². The maximum absolute atomic E-state index is 14.0. The molecule has 3 rings (SSSR count). The van der Waals surface area contributed by atoms with E-state index in [-0.39, 0.29) is 11.6 Å². The molecule has 2 heteroatoms. The second kappa shape index (κ2) is 5.49. The van der Waals surface area contributed by atoms with Crippen LogP contribution in [-0.4, -0.2) is 0 Å². The first-order chi connectivity index (χ1) is 10.2. The number of hydrogen-bond acceptors (Lipinski definition) is 0. The zero-order valence-electron chi connectivity index (χ0n) is 11.6. The van der Waals surface area contributed by atoms with Crippen LogP contribution in [0.4, 0.5) is 8.78 Å². The van der Waals surface area contributed by atoms with Crippen LogP contribution in [0.2, 0.25) is 0 Å². The van der Waals surface area contributed by atoms with E-state index in [4.69, 9.17) is 0 Å². The van der Waals surface area contributed by atoms with Crippen LogP contribution >= 0.6 is 0 Å². The van der Waals surface area contributed by atoms with Gasteiger partial charge in [-0.25, -0.2) is 8.78 Å². The van der Waals surface area contributed by atoms with Crippen molar-refractivity contribution in [1.29, 1.82) is 0 Å². The van der Waals surface area contributed by atoms with E-state index in [0.717, 1.165) is 16.7 Å². The van der Waals surface area contributed by atoms with Gasteiger partial charge in [0.25, 0.3) is 0 Å². The van der Waals surface area contributed by atoms with Gasteiger partial charge in [0.2, 0.25) is 0 Å². The lowest BCUT2D eigenvalue weighted by Crippen LogP contribution is -1.90. The van der Waals surface area contributed by atoms with E-state index in [1.165, 1.54) is 12.1 Å². The Kier molecular flexibility index (Phi) is 3.53. The van der Waals surface area contributed by atoms with E-state index in [0.29, 0.717) is 11.1 Å². The Morgan fingerprint density at radius 1 is 0.619 bits per heavy atom. The minimum atomic E-state index is -0.277. The largest absolute Gasteiger partial charge is 0.206 e. The Morgan fingerprint density at radius 2 is 1.19 bits per heavy atom. The summed E-state index contributed by atoms with van der Waals surface area (Å²) in [7, 11) is 0. The van der Waals surface area contributed by atoms with Crippen molar-refractivity contribution in [3.05, 3.63) is 83.9 Å². The first-order valence-electron chi connectivity index (χ1n) is 6.77. The second-order valence-corrected chi connectivity index (χ2v) is 4.99. The molecule has 0 N–H and O–H groups in total. The van der Waals surface area contributed by atoms with Gasteiger partial charge in [-0.3, -0.25) is 0 Å². The van der Waals surface area contributed by atoms with Crippen molar-refractivity contribution in [2.45, 2.75) is 6.92 Å². The summed E-state index contributed by atoms with van der Waals surface area (Å²) in [5.74, 6) is -0.549. The van der Waals surface area contributed by atoms with Crippen LogP contribution < -0.4 is 0 Å². The molecule has 0 radical (unpaired) electrons. The third kappa shape index (κ3) is 2.57. The average molecular weight is 280 g/mol. The molecule has 0 aliphatic rings. The van der Waals surface area contributed by atoms with Crippen LogP contribution in [0.15, 0.2) is 66.7 Å². The van der Waals surface area contributed by atoms with Gasteiger partial charge in [0.15, 0.2) is 0 Å². The third-order valence-corrected chi connectivity index (χ3v) is 3.59. The lowest BCUT2D eigenvalue weighted by atomic mass is 9.95. The van der Waals surface area contributed by atoms with Gasteiger partial charge in [0.1, 0.15) is 11.6 Å². The van der Waals surface area contributed by atoms with E-state index in [1.54, 1.807) is 36.4 Å². The number of hydrogen-bond donors (Lipinski definition) is 0. The fraction of sp³-hybridized carbons (Fsp3) is 0.0526. The predicted octanol–water partition coefficient (Wildman–Crippen LogP) is 5.61. The summed E-state index contributed by atoms with van der Waals surface area (Å²) in [6.07, 6.45) is 0. The van der Waals surface area contributed by atoms with Gasteiger partial charge in [-0.15, -0.1) is 0 Å². The van der Waals surface area contributed by atoms with Crippen molar-refractivity contribution in [3.63, 3.8) is 0 Å². The molecule has 3 aromatic rings. The van der Waals surface area contributed by atoms with Crippen LogP contribution in [0, 0.1) is 18.6 Å². The molecular formula is C19H14F2. The molecule has 0 atom stereocenters. The number of aryl methyl sites for hydroxylation is 1. The lowest BCUT2D eigenvalue weighted by molar-refractivity contribution is 0.631. The summed E-state index contributed by atoms with van der Waals surface area (Å²) < 4.78 is 27.9. The van der Waals surface area contributed by atoms with Crippen molar-refractivity contribution < 1.29 is 8.78 Å². The Morgan fingerprint density at radius 3 is 1.81 bits per heavy atom. The zero-order chi connectivity index (χ0) is 14.8. The molecule has 0 spiro atoms. The highest BCUT2D eigenvalue weighted by atomic mass is 19.1. The monoisotopic (exact) mass is 280 g/mol. The van der Waals surface area contributed by atoms with E-state index in [2.05, 4.69) is 0 Å². The molecule has 0 fully saturated rings. The van der Waals surface area contributed by atoms with Gasteiger partial charge in [-0.2, -0.15) is 0 Å². The SMILES string of the molecule is Cc1ccc(-c2ccccc2F)cc1-c1ccccc1F. The third-order valence-electron chi connectivity index (χ3n) is 3.59. The summed E-state index contributed by atoms with van der Waals surface area (Å²) in [4.78, 5) is 0. The summed E-state index contributed by atoms with van der Waals surface area (Å²) in [5.41, 5.74) is 3.55. The lowest BCUT2D eigenvalue weighted by Gasteiger charge is -2.11. The highest BCUT2D eigenvalue weighted by molar-refractivity contribution is 5.75. The van der Waals surface area contributed by atoms with Crippen molar-refractivity contribution >= 4 is 0 Å². The molecular weight excluding hydrogens is 266 g/mol. The van der Waals surface area contributed by atoms with Crippen molar-refractivity contribution in [2.75, 3.05) is 0 Å². The van der Waals surface area contributed by atoms with Crippen LogP contribution in [0.5, 0.6) is 0 Å². The molecule has 0 bridgehead atoms. The highest BCUT2D eigenvalue weighted by Gasteiger charge is 2.10. The Bertz CT molecular complexity index is 791. The van der Waals surface area contributed by atoms with E-state index in [1.807, 2.05) is 25.1 Å². The Hall–Kier alpha value is -2.48. The maximum atomic E-state index is 14.0. The number of rotatable bonds is 2. The number of benzene rings is 3. The van der Waals surface area contributed by atoms with Gasteiger partial charge in [0, 0.05) is 11.1 Å². The smallest absolute Gasteiger partial charge is 0.131 e. The van der Waals surface area contributed by atoms with E-state index >= 15 is 0 Å².